The van der Waals surface area contributed by atoms with Gasteiger partial charge in [0.05, 0.1) is 18.4 Å². The molecule has 1 aliphatic rings. The summed E-state index contributed by atoms with van der Waals surface area (Å²) in [4.78, 5) is 27.6. The van der Waals surface area contributed by atoms with E-state index in [0.29, 0.717) is 40.0 Å². The molecule has 1 atom stereocenters. The van der Waals surface area contributed by atoms with Gasteiger partial charge >= 0.3 is 0 Å². The highest BCUT2D eigenvalue weighted by atomic mass is 35.5. The van der Waals surface area contributed by atoms with E-state index in [-0.39, 0.29) is 11.3 Å². The molecular weight excluding hydrogens is 430 g/mol. The number of amides is 1. The summed E-state index contributed by atoms with van der Waals surface area (Å²) in [5.41, 5.74) is 2.40. The van der Waals surface area contributed by atoms with Crippen LogP contribution in [0.1, 0.15) is 35.4 Å². The molecule has 4 rings (SSSR count). The van der Waals surface area contributed by atoms with Crippen LogP contribution in [0.4, 0.5) is 5.69 Å². The molecule has 2 heterocycles. The van der Waals surface area contributed by atoms with Crippen LogP contribution in [-0.2, 0) is 9.59 Å². The number of benzene rings is 2. The van der Waals surface area contributed by atoms with Crippen LogP contribution in [0.3, 0.4) is 0 Å². The molecule has 1 N–H and O–H groups in total. The predicted molar refractivity (Wildman–Crippen MR) is 122 cm³/mol. The van der Waals surface area contributed by atoms with E-state index < -0.39 is 17.7 Å². The number of ether oxygens (including phenoxy) is 1. The summed E-state index contributed by atoms with van der Waals surface area (Å²) >= 11 is 6.09. The van der Waals surface area contributed by atoms with Crippen molar-refractivity contribution in [2.45, 2.75) is 26.8 Å². The van der Waals surface area contributed by atoms with Gasteiger partial charge in [0.25, 0.3) is 11.7 Å². The number of hydrogen-bond donors (Lipinski definition) is 1. The summed E-state index contributed by atoms with van der Waals surface area (Å²) in [7, 11) is 0. The predicted octanol–water partition coefficient (Wildman–Crippen LogP) is 5.57. The number of aliphatic hydroxyl groups excluding tert-OH is 1. The summed E-state index contributed by atoms with van der Waals surface area (Å²) in [5, 5.41) is 11.7. The van der Waals surface area contributed by atoms with Gasteiger partial charge in [0.1, 0.15) is 23.3 Å². The number of aryl methyl sites for hydroxylation is 2. The number of furan rings is 1. The summed E-state index contributed by atoms with van der Waals surface area (Å²) < 4.78 is 11.1. The van der Waals surface area contributed by atoms with E-state index in [1.807, 2.05) is 13.8 Å². The molecule has 0 aliphatic carbocycles. The van der Waals surface area contributed by atoms with Crippen molar-refractivity contribution in [2.75, 3.05) is 11.5 Å². The van der Waals surface area contributed by atoms with Crippen LogP contribution in [0, 0.1) is 13.8 Å². The largest absolute Gasteiger partial charge is 0.507 e. The van der Waals surface area contributed by atoms with Gasteiger partial charge in [-0.05, 0) is 80.4 Å². The Bertz CT molecular complexity index is 1230. The Kier molecular flexibility index (Phi) is 5.80. The standard InChI is InChI=1S/C25H22ClNO5/c1-4-31-19-10-7-16(12-15(19)3)23(28)21-22(20-6-5-11-32-20)27(25(30)24(21)29)18-9-8-17(26)13-14(18)2/h5-13,22,28H,4H2,1-3H3/b23-21-. The summed E-state index contributed by atoms with van der Waals surface area (Å²) in [5.74, 6) is -0.762. The van der Waals surface area contributed by atoms with Gasteiger partial charge in [0, 0.05) is 16.3 Å². The van der Waals surface area contributed by atoms with Crippen molar-refractivity contribution < 1.29 is 23.8 Å². The normalized spacial score (nSPS) is 17.8. The number of carbonyl (C=O) groups is 2. The third-order valence-electron chi connectivity index (χ3n) is 5.42. The van der Waals surface area contributed by atoms with Gasteiger partial charge in [-0.15, -0.1) is 0 Å². The number of anilines is 1. The molecule has 1 aliphatic heterocycles. The van der Waals surface area contributed by atoms with Crippen LogP contribution in [0.5, 0.6) is 5.75 Å². The van der Waals surface area contributed by atoms with Gasteiger partial charge in [-0.2, -0.15) is 0 Å². The molecule has 0 spiro atoms. The van der Waals surface area contributed by atoms with Crippen LogP contribution in [-0.4, -0.2) is 23.4 Å². The first kappa shape index (κ1) is 21.7. The first-order chi connectivity index (χ1) is 15.3. The lowest BCUT2D eigenvalue weighted by atomic mass is 9.98. The molecule has 1 aromatic heterocycles. The van der Waals surface area contributed by atoms with Crippen LogP contribution in [0.2, 0.25) is 5.02 Å². The molecule has 32 heavy (non-hydrogen) atoms. The van der Waals surface area contributed by atoms with Gasteiger partial charge in [-0.25, -0.2) is 0 Å². The zero-order chi connectivity index (χ0) is 23.0. The average molecular weight is 452 g/mol. The number of hydrogen-bond acceptors (Lipinski definition) is 5. The molecule has 6 nitrogen and oxygen atoms in total. The van der Waals surface area contributed by atoms with Crippen molar-refractivity contribution in [3.8, 4) is 5.75 Å². The Morgan fingerprint density at radius 2 is 1.91 bits per heavy atom. The fourth-order valence-electron chi connectivity index (χ4n) is 3.96. The second-order valence-electron chi connectivity index (χ2n) is 7.53. The maximum absolute atomic E-state index is 13.1. The first-order valence-corrected chi connectivity index (χ1v) is 10.6. The molecule has 1 saturated heterocycles. The van der Waals surface area contributed by atoms with Crippen molar-refractivity contribution in [1.82, 2.24) is 0 Å². The minimum atomic E-state index is -0.920. The second-order valence-corrected chi connectivity index (χ2v) is 7.97. The average Bonchev–Trinajstić information content (AvgIpc) is 3.37. The maximum Gasteiger partial charge on any atom is 0.300 e. The lowest BCUT2D eigenvalue weighted by Gasteiger charge is -2.25. The van der Waals surface area contributed by atoms with Gasteiger partial charge in [-0.1, -0.05) is 11.6 Å². The molecule has 0 radical (unpaired) electrons. The quantitative estimate of drug-likeness (QED) is 0.311. The fourth-order valence-corrected chi connectivity index (χ4v) is 4.18. The molecule has 164 valence electrons. The van der Waals surface area contributed by atoms with Crippen LogP contribution in [0.25, 0.3) is 5.76 Å². The monoisotopic (exact) mass is 451 g/mol. The van der Waals surface area contributed by atoms with E-state index in [1.165, 1.54) is 11.2 Å². The molecule has 1 unspecified atom stereocenters. The van der Waals surface area contributed by atoms with Gasteiger partial charge in [0.15, 0.2) is 0 Å². The Morgan fingerprint density at radius 3 is 2.53 bits per heavy atom. The molecule has 0 saturated carbocycles. The van der Waals surface area contributed by atoms with Crippen molar-refractivity contribution in [3.05, 3.63) is 87.8 Å². The molecular formula is C25H22ClNO5. The van der Waals surface area contributed by atoms with Crippen LogP contribution < -0.4 is 9.64 Å². The van der Waals surface area contributed by atoms with E-state index in [2.05, 4.69) is 0 Å². The van der Waals surface area contributed by atoms with Gasteiger partial charge < -0.3 is 14.3 Å². The van der Waals surface area contributed by atoms with E-state index in [0.717, 1.165) is 5.56 Å². The van der Waals surface area contributed by atoms with Crippen LogP contribution in [0.15, 0.2) is 64.8 Å². The van der Waals surface area contributed by atoms with E-state index >= 15 is 0 Å². The Labute approximate surface area is 190 Å². The van der Waals surface area contributed by atoms with Gasteiger partial charge in [0.2, 0.25) is 0 Å². The van der Waals surface area contributed by atoms with Crippen molar-refractivity contribution >= 4 is 34.7 Å². The lowest BCUT2D eigenvalue weighted by Crippen LogP contribution is -2.29. The summed E-state index contributed by atoms with van der Waals surface area (Å²) in [6.07, 6.45) is 1.46. The molecule has 2 aromatic carbocycles. The first-order valence-electron chi connectivity index (χ1n) is 10.2. The smallest absolute Gasteiger partial charge is 0.300 e. The Morgan fingerprint density at radius 1 is 1.12 bits per heavy atom. The third-order valence-corrected chi connectivity index (χ3v) is 5.66. The minimum Gasteiger partial charge on any atom is -0.507 e. The molecule has 3 aromatic rings. The molecule has 7 heteroatoms. The highest BCUT2D eigenvalue weighted by Crippen LogP contribution is 2.43. The number of rotatable bonds is 5. The zero-order valence-electron chi connectivity index (χ0n) is 17.9. The fraction of sp³-hybridized carbons (Fsp3) is 0.200. The number of carbonyl (C=O) groups excluding carboxylic acids is 2. The summed E-state index contributed by atoms with van der Waals surface area (Å²) in [6, 6.07) is 12.6. The maximum atomic E-state index is 13.1. The Hall–Kier alpha value is -3.51. The van der Waals surface area contributed by atoms with E-state index in [1.54, 1.807) is 55.5 Å². The van der Waals surface area contributed by atoms with Crippen molar-refractivity contribution in [1.29, 1.82) is 0 Å². The molecule has 1 fully saturated rings. The number of halogens is 1. The van der Waals surface area contributed by atoms with Crippen LogP contribution >= 0.6 is 11.6 Å². The molecule has 1 amide bonds. The molecule has 0 bridgehead atoms. The van der Waals surface area contributed by atoms with E-state index in [4.69, 9.17) is 20.8 Å². The number of Topliss-reactive ketones (excluding diaryl/α,β-unsaturated/α-hetero) is 1. The van der Waals surface area contributed by atoms with Gasteiger partial charge in [-0.3, -0.25) is 14.5 Å². The number of aliphatic hydroxyl groups is 1. The second kappa shape index (κ2) is 8.55. The summed E-state index contributed by atoms with van der Waals surface area (Å²) in [6.45, 7) is 6.05. The SMILES string of the molecule is CCOc1ccc(/C(O)=C2/C(=O)C(=O)N(c3ccc(Cl)cc3C)C2c2ccco2)cc1C. The zero-order valence-corrected chi connectivity index (χ0v) is 18.6. The topological polar surface area (TPSA) is 80.0 Å². The minimum absolute atomic E-state index is 0.0390. The number of ketones is 1. The van der Waals surface area contributed by atoms with E-state index in [9.17, 15) is 14.7 Å². The Balaban J connectivity index is 1.90. The highest BCUT2D eigenvalue weighted by molar-refractivity contribution is 6.51. The highest BCUT2D eigenvalue weighted by Gasteiger charge is 2.48. The number of nitrogens with zero attached hydrogens (tertiary/aromatic N) is 1. The van der Waals surface area contributed by atoms with Crippen molar-refractivity contribution in [3.63, 3.8) is 0 Å². The van der Waals surface area contributed by atoms with Crippen molar-refractivity contribution in [2.24, 2.45) is 0 Å². The lowest BCUT2D eigenvalue weighted by molar-refractivity contribution is -0.132. The third kappa shape index (κ3) is 3.67.